The van der Waals surface area contributed by atoms with Gasteiger partial charge in [-0.15, -0.1) is 0 Å². The van der Waals surface area contributed by atoms with Gasteiger partial charge in [0.1, 0.15) is 5.75 Å². The summed E-state index contributed by atoms with van der Waals surface area (Å²) in [5, 5.41) is 12.4. The molecule has 0 aliphatic heterocycles. The maximum atomic E-state index is 8.80. The molecule has 0 aliphatic rings. The molecule has 3 heteroatoms. The number of ether oxygens (including phenoxy) is 1. The molecule has 1 N–H and O–H groups in total. The predicted octanol–water partition coefficient (Wildman–Crippen LogP) is 3.81. The van der Waals surface area contributed by atoms with Gasteiger partial charge in [0, 0.05) is 12.6 Å². The number of nitrogens with one attached hydrogen (secondary N) is 1. The van der Waals surface area contributed by atoms with Crippen LogP contribution in [0.4, 0.5) is 0 Å². The molecule has 0 saturated carbocycles. The SMILES string of the molecule is CC[C@@H](NCc1ccc(C#N)cc1)c1ccc(OC)cc1. The lowest BCUT2D eigenvalue weighted by Gasteiger charge is -2.18. The van der Waals surface area contributed by atoms with Crippen LogP contribution in [0.15, 0.2) is 48.5 Å². The van der Waals surface area contributed by atoms with E-state index < -0.39 is 0 Å². The maximum absolute atomic E-state index is 8.80. The molecule has 0 fully saturated rings. The van der Waals surface area contributed by atoms with E-state index in [2.05, 4.69) is 30.4 Å². The summed E-state index contributed by atoms with van der Waals surface area (Å²) < 4.78 is 5.19. The van der Waals surface area contributed by atoms with Crippen molar-refractivity contribution >= 4 is 0 Å². The zero-order valence-electron chi connectivity index (χ0n) is 12.5. The summed E-state index contributed by atoms with van der Waals surface area (Å²) in [4.78, 5) is 0. The Balaban J connectivity index is 1.99. The van der Waals surface area contributed by atoms with Crippen LogP contribution in [0, 0.1) is 11.3 Å². The van der Waals surface area contributed by atoms with Crippen LogP contribution in [-0.4, -0.2) is 7.11 Å². The van der Waals surface area contributed by atoms with E-state index in [-0.39, 0.29) is 0 Å². The van der Waals surface area contributed by atoms with Gasteiger partial charge in [0.25, 0.3) is 0 Å². The van der Waals surface area contributed by atoms with Crippen molar-refractivity contribution in [2.24, 2.45) is 0 Å². The fourth-order valence-electron chi connectivity index (χ4n) is 2.27. The molecule has 0 bridgehead atoms. The van der Waals surface area contributed by atoms with Crippen molar-refractivity contribution in [3.63, 3.8) is 0 Å². The highest BCUT2D eigenvalue weighted by Crippen LogP contribution is 2.20. The molecule has 0 spiro atoms. The van der Waals surface area contributed by atoms with E-state index in [9.17, 15) is 0 Å². The molecule has 0 aliphatic carbocycles. The Morgan fingerprint density at radius 1 is 1.10 bits per heavy atom. The van der Waals surface area contributed by atoms with Crippen molar-refractivity contribution in [2.75, 3.05) is 7.11 Å². The summed E-state index contributed by atoms with van der Waals surface area (Å²) >= 11 is 0. The van der Waals surface area contributed by atoms with Crippen LogP contribution in [0.2, 0.25) is 0 Å². The van der Waals surface area contributed by atoms with Crippen molar-refractivity contribution in [1.82, 2.24) is 5.32 Å². The van der Waals surface area contributed by atoms with E-state index in [0.29, 0.717) is 11.6 Å². The molecule has 2 rings (SSSR count). The number of hydrogen-bond donors (Lipinski definition) is 1. The molecule has 2 aromatic carbocycles. The van der Waals surface area contributed by atoms with E-state index in [1.807, 2.05) is 36.4 Å². The maximum Gasteiger partial charge on any atom is 0.118 e. The van der Waals surface area contributed by atoms with Crippen molar-refractivity contribution in [1.29, 1.82) is 5.26 Å². The number of benzene rings is 2. The van der Waals surface area contributed by atoms with Crippen LogP contribution in [0.1, 0.15) is 36.1 Å². The number of hydrogen-bond acceptors (Lipinski definition) is 3. The summed E-state index contributed by atoms with van der Waals surface area (Å²) in [6, 6.07) is 18.3. The fraction of sp³-hybridized carbons (Fsp3) is 0.278. The monoisotopic (exact) mass is 280 g/mol. The van der Waals surface area contributed by atoms with Gasteiger partial charge in [-0.1, -0.05) is 31.2 Å². The van der Waals surface area contributed by atoms with E-state index in [1.54, 1.807) is 7.11 Å². The molecular weight excluding hydrogens is 260 g/mol. The quantitative estimate of drug-likeness (QED) is 0.875. The molecule has 0 unspecified atom stereocenters. The zero-order valence-corrected chi connectivity index (χ0v) is 12.5. The standard InChI is InChI=1S/C18H20N2O/c1-3-18(16-8-10-17(21-2)11-9-16)20-13-15-6-4-14(12-19)5-7-15/h4-11,18,20H,3,13H2,1-2H3/t18-/m1/s1. The summed E-state index contributed by atoms with van der Waals surface area (Å²) in [5.74, 6) is 0.876. The second-order valence-corrected chi connectivity index (χ2v) is 4.92. The van der Waals surface area contributed by atoms with Crippen molar-refractivity contribution < 1.29 is 4.74 Å². The smallest absolute Gasteiger partial charge is 0.118 e. The first-order valence-corrected chi connectivity index (χ1v) is 7.13. The topological polar surface area (TPSA) is 45.0 Å². The molecule has 3 nitrogen and oxygen atoms in total. The number of rotatable bonds is 6. The lowest BCUT2D eigenvalue weighted by molar-refractivity contribution is 0.414. The summed E-state index contributed by atoms with van der Waals surface area (Å²) in [7, 11) is 1.68. The first kappa shape index (κ1) is 15.1. The molecule has 0 radical (unpaired) electrons. The molecule has 21 heavy (non-hydrogen) atoms. The average Bonchev–Trinajstić information content (AvgIpc) is 2.56. The average molecular weight is 280 g/mol. The Morgan fingerprint density at radius 2 is 1.76 bits per heavy atom. The summed E-state index contributed by atoms with van der Waals surface area (Å²) in [6.45, 7) is 2.96. The highest BCUT2D eigenvalue weighted by Gasteiger charge is 2.08. The normalized spacial score (nSPS) is 11.7. The predicted molar refractivity (Wildman–Crippen MR) is 84.0 cm³/mol. The van der Waals surface area contributed by atoms with E-state index in [1.165, 1.54) is 11.1 Å². The van der Waals surface area contributed by atoms with Gasteiger partial charge in [-0.05, 0) is 41.8 Å². The second kappa shape index (κ2) is 7.47. The minimum atomic E-state index is 0.312. The first-order chi connectivity index (χ1) is 10.3. The van der Waals surface area contributed by atoms with E-state index in [0.717, 1.165) is 18.7 Å². The zero-order chi connectivity index (χ0) is 15.1. The Kier molecular flexibility index (Phi) is 5.36. The van der Waals surface area contributed by atoms with Crippen molar-refractivity contribution in [3.8, 4) is 11.8 Å². The number of nitrogens with zero attached hydrogens (tertiary/aromatic N) is 1. The summed E-state index contributed by atoms with van der Waals surface area (Å²) in [6.07, 6.45) is 1.02. The highest BCUT2D eigenvalue weighted by molar-refractivity contribution is 5.32. The lowest BCUT2D eigenvalue weighted by atomic mass is 10.0. The van der Waals surface area contributed by atoms with E-state index in [4.69, 9.17) is 10.00 Å². The molecule has 1 atom stereocenters. The third kappa shape index (κ3) is 4.08. The molecule has 0 heterocycles. The van der Waals surface area contributed by atoms with Gasteiger partial charge in [0.2, 0.25) is 0 Å². The molecule has 2 aromatic rings. The van der Waals surface area contributed by atoms with Crippen LogP contribution in [-0.2, 0) is 6.54 Å². The van der Waals surface area contributed by atoms with Crippen LogP contribution < -0.4 is 10.1 Å². The van der Waals surface area contributed by atoms with Crippen LogP contribution in [0.5, 0.6) is 5.75 Å². The number of nitriles is 1. The Labute approximate surface area is 126 Å². The number of methoxy groups -OCH3 is 1. The second-order valence-electron chi connectivity index (χ2n) is 4.92. The van der Waals surface area contributed by atoms with Gasteiger partial charge in [0.05, 0.1) is 18.7 Å². The van der Waals surface area contributed by atoms with Gasteiger partial charge in [-0.25, -0.2) is 0 Å². The van der Waals surface area contributed by atoms with Gasteiger partial charge in [0.15, 0.2) is 0 Å². The van der Waals surface area contributed by atoms with E-state index >= 15 is 0 Å². The minimum Gasteiger partial charge on any atom is -0.497 e. The largest absolute Gasteiger partial charge is 0.497 e. The molecule has 0 aromatic heterocycles. The van der Waals surface area contributed by atoms with Gasteiger partial charge < -0.3 is 10.1 Å². The molecule has 0 saturated heterocycles. The Bertz CT molecular complexity index is 597. The summed E-state index contributed by atoms with van der Waals surface area (Å²) in [5.41, 5.74) is 3.13. The minimum absolute atomic E-state index is 0.312. The van der Waals surface area contributed by atoms with Gasteiger partial charge in [-0.2, -0.15) is 5.26 Å². The molecule has 0 amide bonds. The van der Waals surface area contributed by atoms with Crippen LogP contribution in [0.25, 0.3) is 0 Å². The molecule has 108 valence electrons. The molecular formula is C18H20N2O. The Hall–Kier alpha value is -2.31. The van der Waals surface area contributed by atoms with Crippen LogP contribution in [0.3, 0.4) is 0 Å². The Morgan fingerprint density at radius 3 is 2.29 bits per heavy atom. The van der Waals surface area contributed by atoms with Gasteiger partial charge >= 0.3 is 0 Å². The third-order valence-corrected chi connectivity index (χ3v) is 3.56. The fourth-order valence-corrected chi connectivity index (χ4v) is 2.27. The lowest BCUT2D eigenvalue weighted by Crippen LogP contribution is -2.20. The van der Waals surface area contributed by atoms with Gasteiger partial charge in [-0.3, -0.25) is 0 Å². The third-order valence-electron chi connectivity index (χ3n) is 3.56. The van der Waals surface area contributed by atoms with Crippen LogP contribution >= 0.6 is 0 Å². The van der Waals surface area contributed by atoms with Crippen molar-refractivity contribution in [2.45, 2.75) is 25.9 Å². The highest BCUT2D eigenvalue weighted by atomic mass is 16.5. The first-order valence-electron chi connectivity index (χ1n) is 7.13. The van der Waals surface area contributed by atoms with Crippen molar-refractivity contribution in [3.05, 3.63) is 65.2 Å².